The summed E-state index contributed by atoms with van der Waals surface area (Å²) in [7, 11) is 0. The zero-order chi connectivity index (χ0) is 14.0. The maximum atomic E-state index is 11.6. The monoisotopic (exact) mass is 298 g/mol. The van der Waals surface area contributed by atoms with E-state index in [4.69, 9.17) is 17.3 Å². The highest BCUT2D eigenvalue weighted by Gasteiger charge is 2.12. The smallest absolute Gasteiger partial charge is 0.344 e. The lowest BCUT2D eigenvalue weighted by Crippen LogP contribution is -2.19. The molecule has 19 heavy (non-hydrogen) atoms. The van der Waals surface area contributed by atoms with Crippen LogP contribution in [0.5, 0.6) is 0 Å². The van der Waals surface area contributed by atoms with E-state index in [1.54, 1.807) is 16.7 Å². The molecule has 1 aromatic carbocycles. The van der Waals surface area contributed by atoms with Crippen LogP contribution in [0.15, 0.2) is 28.2 Å². The van der Waals surface area contributed by atoms with Crippen LogP contribution < -0.4 is 11.4 Å². The largest absolute Gasteiger partial charge is 0.398 e. The SMILES string of the molecule is CC(C)n1c(SCc2ccc(Cl)cc2N)n[nH]c1=O. The number of nitrogens with one attached hydrogen (secondary N) is 1. The summed E-state index contributed by atoms with van der Waals surface area (Å²) in [6.45, 7) is 3.88. The summed E-state index contributed by atoms with van der Waals surface area (Å²) in [4.78, 5) is 11.6. The third kappa shape index (κ3) is 3.13. The summed E-state index contributed by atoms with van der Waals surface area (Å²) in [6, 6.07) is 5.47. The molecule has 0 amide bonds. The van der Waals surface area contributed by atoms with E-state index in [-0.39, 0.29) is 11.7 Å². The number of nitrogens with two attached hydrogens (primary N) is 1. The first-order valence-electron chi connectivity index (χ1n) is 5.82. The van der Waals surface area contributed by atoms with Gasteiger partial charge < -0.3 is 5.73 Å². The Balaban J connectivity index is 2.17. The molecule has 102 valence electrons. The molecule has 2 aromatic rings. The summed E-state index contributed by atoms with van der Waals surface area (Å²) < 4.78 is 1.62. The van der Waals surface area contributed by atoms with Gasteiger partial charge in [-0.2, -0.15) is 0 Å². The van der Waals surface area contributed by atoms with Crippen LogP contribution in [0.25, 0.3) is 0 Å². The minimum absolute atomic E-state index is 0.0660. The fraction of sp³-hybridized carbons (Fsp3) is 0.333. The maximum absolute atomic E-state index is 11.6. The lowest BCUT2D eigenvalue weighted by molar-refractivity contribution is 0.534. The number of nitrogen functional groups attached to an aromatic ring is 1. The summed E-state index contributed by atoms with van der Waals surface area (Å²) in [5, 5.41) is 7.76. The van der Waals surface area contributed by atoms with Crippen LogP contribution in [-0.2, 0) is 5.75 Å². The highest BCUT2D eigenvalue weighted by molar-refractivity contribution is 7.98. The molecule has 0 aliphatic carbocycles. The summed E-state index contributed by atoms with van der Waals surface area (Å²) in [5.41, 5.74) is 7.32. The second-order valence-electron chi connectivity index (χ2n) is 4.41. The van der Waals surface area contributed by atoms with E-state index in [2.05, 4.69) is 10.2 Å². The molecule has 1 aromatic heterocycles. The zero-order valence-electron chi connectivity index (χ0n) is 10.7. The van der Waals surface area contributed by atoms with Crippen molar-refractivity contribution >= 4 is 29.1 Å². The van der Waals surface area contributed by atoms with E-state index in [0.29, 0.717) is 21.6 Å². The zero-order valence-corrected chi connectivity index (χ0v) is 12.3. The van der Waals surface area contributed by atoms with Gasteiger partial charge in [-0.05, 0) is 31.5 Å². The number of thioether (sulfide) groups is 1. The summed E-state index contributed by atoms with van der Waals surface area (Å²) >= 11 is 7.32. The van der Waals surface area contributed by atoms with Crippen molar-refractivity contribution in [3.8, 4) is 0 Å². The van der Waals surface area contributed by atoms with Gasteiger partial charge in [0, 0.05) is 22.5 Å². The van der Waals surface area contributed by atoms with Crippen molar-refractivity contribution < 1.29 is 0 Å². The molecule has 0 atom stereocenters. The average Bonchev–Trinajstić information content (AvgIpc) is 2.69. The number of hydrogen-bond donors (Lipinski definition) is 2. The minimum Gasteiger partial charge on any atom is -0.398 e. The lowest BCUT2D eigenvalue weighted by atomic mass is 10.2. The number of aromatic amines is 1. The second-order valence-corrected chi connectivity index (χ2v) is 5.79. The summed E-state index contributed by atoms with van der Waals surface area (Å²) in [5.74, 6) is 0.639. The number of nitrogens with zero attached hydrogens (tertiary/aromatic N) is 2. The molecule has 1 heterocycles. The first-order valence-corrected chi connectivity index (χ1v) is 7.19. The standard InChI is InChI=1S/C12H15ClN4OS/c1-7(2)17-11(18)15-16-12(17)19-6-8-3-4-9(13)5-10(8)14/h3-5,7H,6,14H2,1-2H3,(H,15,18). The number of rotatable bonds is 4. The van der Waals surface area contributed by atoms with Crippen molar-refractivity contribution in [1.29, 1.82) is 0 Å². The topological polar surface area (TPSA) is 76.7 Å². The third-order valence-corrected chi connectivity index (χ3v) is 3.89. The van der Waals surface area contributed by atoms with Crippen LogP contribution in [0.3, 0.4) is 0 Å². The molecule has 0 saturated heterocycles. The number of hydrogen-bond acceptors (Lipinski definition) is 4. The minimum atomic E-state index is -0.193. The van der Waals surface area contributed by atoms with Crippen LogP contribution in [-0.4, -0.2) is 14.8 Å². The number of halogens is 1. The first kappa shape index (κ1) is 14.0. The van der Waals surface area contributed by atoms with Gasteiger partial charge in [0.1, 0.15) is 0 Å². The Labute approximate surface area is 120 Å². The van der Waals surface area contributed by atoms with Crippen LogP contribution in [0.4, 0.5) is 5.69 Å². The molecule has 7 heteroatoms. The molecule has 5 nitrogen and oxygen atoms in total. The Bertz CT molecular complexity index is 635. The molecule has 0 bridgehead atoms. The number of anilines is 1. The average molecular weight is 299 g/mol. The van der Waals surface area contributed by atoms with E-state index in [1.165, 1.54) is 11.8 Å². The fourth-order valence-electron chi connectivity index (χ4n) is 1.69. The van der Waals surface area contributed by atoms with Crippen molar-refractivity contribution in [2.24, 2.45) is 0 Å². The van der Waals surface area contributed by atoms with Crippen LogP contribution in [0.1, 0.15) is 25.5 Å². The molecule has 0 aliphatic rings. The van der Waals surface area contributed by atoms with Crippen LogP contribution in [0.2, 0.25) is 5.02 Å². The normalized spacial score (nSPS) is 11.2. The number of aromatic nitrogens is 3. The van der Waals surface area contributed by atoms with E-state index >= 15 is 0 Å². The molecule has 0 fully saturated rings. The maximum Gasteiger partial charge on any atom is 0.344 e. The molecule has 0 spiro atoms. The van der Waals surface area contributed by atoms with E-state index < -0.39 is 0 Å². The van der Waals surface area contributed by atoms with E-state index in [0.717, 1.165) is 5.56 Å². The number of H-pyrrole nitrogens is 1. The molecule has 0 unspecified atom stereocenters. The van der Waals surface area contributed by atoms with Crippen LogP contribution in [0, 0.1) is 0 Å². The summed E-state index contributed by atoms with van der Waals surface area (Å²) in [6.07, 6.45) is 0. The van der Waals surface area contributed by atoms with E-state index in [9.17, 15) is 4.79 Å². The third-order valence-electron chi connectivity index (χ3n) is 2.65. The Kier molecular flexibility index (Phi) is 4.21. The molecule has 0 saturated carbocycles. The van der Waals surface area contributed by atoms with Crippen molar-refractivity contribution in [2.75, 3.05) is 5.73 Å². The van der Waals surface area contributed by atoms with Crippen LogP contribution >= 0.6 is 23.4 Å². The van der Waals surface area contributed by atoms with E-state index in [1.807, 2.05) is 19.9 Å². The predicted octanol–water partition coefficient (Wildman–Crippen LogP) is 2.68. The van der Waals surface area contributed by atoms with Gasteiger partial charge in [-0.15, -0.1) is 5.10 Å². The van der Waals surface area contributed by atoms with Crippen molar-refractivity contribution in [2.45, 2.75) is 30.8 Å². The van der Waals surface area contributed by atoms with Gasteiger partial charge in [0.2, 0.25) is 0 Å². The number of benzene rings is 1. The van der Waals surface area contributed by atoms with Gasteiger partial charge in [-0.25, -0.2) is 9.89 Å². The van der Waals surface area contributed by atoms with Crippen molar-refractivity contribution in [3.05, 3.63) is 39.3 Å². The molecule has 3 N–H and O–H groups in total. The van der Waals surface area contributed by atoms with Gasteiger partial charge in [-0.3, -0.25) is 4.57 Å². The Hall–Kier alpha value is -1.40. The first-order chi connectivity index (χ1) is 8.99. The molecule has 0 aliphatic heterocycles. The van der Waals surface area contributed by atoms with Crippen molar-refractivity contribution in [3.63, 3.8) is 0 Å². The lowest BCUT2D eigenvalue weighted by Gasteiger charge is -2.09. The molecular weight excluding hydrogens is 284 g/mol. The Morgan fingerprint density at radius 2 is 2.26 bits per heavy atom. The van der Waals surface area contributed by atoms with Gasteiger partial charge in [0.25, 0.3) is 0 Å². The Morgan fingerprint density at radius 3 is 2.89 bits per heavy atom. The van der Waals surface area contributed by atoms with Gasteiger partial charge >= 0.3 is 5.69 Å². The molecule has 2 rings (SSSR count). The van der Waals surface area contributed by atoms with Gasteiger partial charge in [-0.1, -0.05) is 29.4 Å². The Morgan fingerprint density at radius 1 is 1.53 bits per heavy atom. The highest BCUT2D eigenvalue weighted by Crippen LogP contribution is 2.26. The van der Waals surface area contributed by atoms with Crippen molar-refractivity contribution in [1.82, 2.24) is 14.8 Å². The fourth-order valence-corrected chi connectivity index (χ4v) is 2.96. The second kappa shape index (κ2) is 5.71. The quantitative estimate of drug-likeness (QED) is 0.672. The molecular formula is C12H15ClN4OS. The highest BCUT2D eigenvalue weighted by atomic mass is 35.5. The van der Waals surface area contributed by atoms with Gasteiger partial charge in [0.15, 0.2) is 5.16 Å². The van der Waals surface area contributed by atoms with Gasteiger partial charge in [0.05, 0.1) is 0 Å². The predicted molar refractivity (Wildman–Crippen MR) is 78.7 cm³/mol. The molecule has 0 radical (unpaired) electrons.